The monoisotopic (exact) mass is 240 g/mol. The van der Waals surface area contributed by atoms with Crippen molar-refractivity contribution in [3.63, 3.8) is 0 Å². The summed E-state index contributed by atoms with van der Waals surface area (Å²) in [5.41, 5.74) is 0. The average molecular weight is 241 g/mol. The van der Waals surface area contributed by atoms with Gasteiger partial charge in [0, 0.05) is 0 Å². The van der Waals surface area contributed by atoms with Crippen molar-refractivity contribution in [2.75, 3.05) is 0 Å². The Morgan fingerprint density at radius 1 is 1.27 bits per heavy atom. The molecule has 0 fully saturated rings. The molecule has 0 atom stereocenters. The van der Waals surface area contributed by atoms with E-state index in [9.17, 15) is 0 Å². The fourth-order valence-electron chi connectivity index (χ4n) is 0.832. The van der Waals surface area contributed by atoms with Gasteiger partial charge in [0.2, 0.25) is 0 Å². The van der Waals surface area contributed by atoms with Gasteiger partial charge in [-0.15, -0.1) is 0 Å². The average Bonchev–Trinajstić information content (AvgIpc) is 2.16. The van der Waals surface area contributed by atoms with Crippen molar-refractivity contribution in [1.29, 1.82) is 0 Å². The van der Waals surface area contributed by atoms with Gasteiger partial charge in [0.15, 0.2) is 0 Å². The Balaban J connectivity index is 2.62. The summed E-state index contributed by atoms with van der Waals surface area (Å²) in [5.74, 6) is 1.38. The van der Waals surface area contributed by atoms with Crippen LogP contribution in [0, 0.1) is 5.92 Å². The van der Waals surface area contributed by atoms with Crippen molar-refractivity contribution in [2.24, 2.45) is 5.92 Å². The van der Waals surface area contributed by atoms with E-state index in [1.807, 2.05) is 24.3 Å². The first-order valence-corrected chi connectivity index (χ1v) is 6.40. The minimum atomic E-state index is 0.194. The highest BCUT2D eigenvalue weighted by Gasteiger charge is 2.26. The summed E-state index contributed by atoms with van der Waals surface area (Å²) in [6.07, 6.45) is 0. The van der Waals surface area contributed by atoms with Crippen LogP contribution in [0.3, 0.4) is 0 Å². The topological polar surface area (TPSA) is 9.23 Å². The maximum Gasteiger partial charge on any atom is 0.317 e. The van der Waals surface area contributed by atoms with Crippen LogP contribution >= 0.6 is 11.6 Å². The molecule has 0 aliphatic rings. The Kier molecular flexibility index (Phi) is 4.23. The normalized spacial score (nSPS) is 11.9. The van der Waals surface area contributed by atoms with Gasteiger partial charge in [0.25, 0.3) is 0 Å². The zero-order valence-corrected chi connectivity index (χ0v) is 11.4. The van der Waals surface area contributed by atoms with Gasteiger partial charge in [-0.1, -0.05) is 51.4 Å². The Bertz CT molecular complexity index is 323. The van der Waals surface area contributed by atoms with Crippen LogP contribution in [0.15, 0.2) is 24.3 Å². The van der Waals surface area contributed by atoms with Gasteiger partial charge >= 0.3 is 9.76 Å². The maximum absolute atomic E-state index is 6.01. The lowest BCUT2D eigenvalue weighted by Crippen LogP contribution is -2.24. The molecule has 0 aliphatic heterocycles. The molecule has 0 spiro atoms. The second kappa shape index (κ2) is 5.04. The van der Waals surface area contributed by atoms with Crippen LogP contribution in [0.1, 0.15) is 27.7 Å². The first-order valence-electron chi connectivity index (χ1n) is 5.12. The van der Waals surface area contributed by atoms with E-state index in [-0.39, 0.29) is 5.04 Å². The van der Waals surface area contributed by atoms with Crippen molar-refractivity contribution in [3.8, 4) is 5.75 Å². The fourth-order valence-corrected chi connectivity index (χ4v) is 1.86. The molecule has 1 aromatic rings. The third-order valence-electron chi connectivity index (χ3n) is 2.70. The SMILES string of the molecule is CC(C)C(C)(C)[Si]Oc1ccccc1Cl. The molecule has 0 saturated heterocycles. The zero-order chi connectivity index (χ0) is 11.5. The number of rotatable bonds is 4. The second-order valence-corrected chi connectivity index (χ2v) is 6.62. The molecule has 1 aromatic carbocycles. The Morgan fingerprint density at radius 2 is 1.87 bits per heavy atom. The molecule has 1 rings (SSSR count). The lowest BCUT2D eigenvalue weighted by atomic mass is 9.99. The molecule has 82 valence electrons. The Morgan fingerprint density at radius 3 is 2.40 bits per heavy atom. The number of halogens is 1. The third kappa shape index (κ3) is 3.54. The molecule has 0 unspecified atom stereocenters. The summed E-state index contributed by atoms with van der Waals surface area (Å²) in [6, 6.07) is 7.61. The highest BCUT2D eigenvalue weighted by atomic mass is 35.5. The molecular formula is C12H17ClOSi. The minimum Gasteiger partial charge on any atom is -0.539 e. The first-order chi connectivity index (χ1) is 6.93. The number of para-hydroxylation sites is 1. The molecular weight excluding hydrogens is 224 g/mol. The molecule has 2 radical (unpaired) electrons. The molecule has 0 heterocycles. The van der Waals surface area contributed by atoms with Crippen molar-refractivity contribution in [3.05, 3.63) is 29.3 Å². The lowest BCUT2D eigenvalue weighted by molar-refractivity contribution is 0.428. The summed E-state index contributed by atoms with van der Waals surface area (Å²) in [7, 11) is 0.429. The molecule has 0 aromatic heterocycles. The van der Waals surface area contributed by atoms with Crippen LogP contribution in [0.4, 0.5) is 0 Å². The quantitative estimate of drug-likeness (QED) is 0.717. The lowest BCUT2D eigenvalue weighted by Gasteiger charge is -2.27. The Labute approximate surface area is 99.7 Å². The number of hydrogen-bond donors (Lipinski definition) is 0. The van der Waals surface area contributed by atoms with Crippen LogP contribution < -0.4 is 4.43 Å². The molecule has 3 heteroatoms. The second-order valence-electron chi connectivity index (χ2n) is 4.51. The van der Waals surface area contributed by atoms with Crippen molar-refractivity contribution in [2.45, 2.75) is 32.7 Å². The first kappa shape index (κ1) is 12.6. The molecule has 0 amide bonds. The van der Waals surface area contributed by atoms with E-state index in [1.165, 1.54) is 0 Å². The zero-order valence-electron chi connectivity index (χ0n) is 9.67. The molecule has 0 aliphatic carbocycles. The smallest absolute Gasteiger partial charge is 0.317 e. The molecule has 1 nitrogen and oxygen atoms in total. The highest BCUT2D eigenvalue weighted by molar-refractivity contribution is 6.35. The van der Waals surface area contributed by atoms with E-state index in [1.54, 1.807) is 0 Å². The number of benzene rings is 1. The predicted octanol–water partition coefficient (Wildman–Crippen LogP) is 4.19. The van der Waals surface area contributed by atoms with Crippen molar-refractivity contribution >= 4 is 21.4 Å². The van der Waals surface area contributed by atoms with Gasteiger partial charge < -0.3 is 4.43 Å². The summed E-state index contributed by atoms with van der Waals surface area (Å²) in [5, 5.41) is 0.878. The van der Waals surface area contributed by atoms with Crippen LogP contribution in [0.25, 0.3) is 0 Å². The summed E-state index contributed by atoms with van der Waals surface area (Å²) in [6.45, 7) is 8.85. The maximum atomic E-state index is 6.01. The van der Waals surface area contributed by atoms with Crippen molar-refractivity contribution < 1.29 is 4.43 Å². The van der Waals surface area contributed by atoms with Gasteiger partial charge in [-0.25, -0.2) is 0 Å². The van der Waals surface area contributed by atoms with E-state index in [4.69, 9.17) is 16.0 Å². The van der Waals surface area contributed by atoms with Crippen LogP contribution in [-0.2, 0) is 0 Å². The third-order valence-corrected chi connectivity index (χ3v) is 4.44. The summed E-state index contributed by atoms with van der Waals surface area (Å²) < 4.78 is 5.76. The van der Waals surface area contributed by atoms with E-state index >= 15 is 0 Å². The minimum absolute atomic E-state index is 0.194. The molecule has 0 N–H and O–H groups in total. The van der Waals surface area contributed by atoms with Crippen LogP contribution in [0.5, 0.6) is 5.75 Å². The van der Waals surface area contributed by atoms with Gasteiger partial charge in [-0.05, 0) is 23.1 Å². The number of hydrogen-bond acceptors (Lipinski definition) is 1. The van der Waals surface area contributed by atoms with Crippen LogP contribution in [-0.4, -0.2) is 9.76 Å². The van der Waals surface area contributed by atoms with E-state index < -0.39 is 0 Å². The van der Waals surface area contributed by atoms with Gasteiger partial charge in [0.05, 0.1) is 5.02 Å². The molecule has 0 saturated carbocycles. The van der Waals surface area contributed by atoms with E-state index in [2.05, 4.69) is 27.7 Å². The van der Waals surface area contributed by atoms with Crippen LogP contribution in [0.2, 0.25) is 10.1 Å². The van der Waals surface area contributed by atoms with Gasteiger partial charge in [0.1, 0.15) is 5.75 Å². The van der Waals surface area contributed by atoms with Gasteiger partial charge in [-0.2, -0.15) is 0 Å². The van der Waals surface area contributed by atoms with Crippen molar-refractivity contribution in [1.82, 2.24) is 0 Å². The highest BCUT2D eigenvalue weighted by Crippen LogP contribution is 2.34. The predicted molar refractivity (Wildman–Crippen MR) is 66.7 cm³/mol. The Hall–Kier alpha value is -0.473. The summed E-state index contributed by atoms with van der Waals surface area (Å²) in [4.78, 5) is 0. The summed E-state index contributed by atoms with van der Waals surface area (Å²) >= 11 is 6.01. The fraction of sp³-hybridized carbons (Fsp3) is 0.500. The van der Waals surface area contributed by atoms with E-state index in [0.29, 0.717) is 20.7 Å². The van der Waals surface area contributed by atoms with Gasteiger partial charge in [-0.3, -0.25) is 0 Å². The van der Waals surface area contributed by atoms with E-state index in [0.717, 1.165) is 5.75 Å². The largest absolute Gasteiger partial charge is 0.539 e. The molecule has 0 bridgehead atoms. The molecule has 15 heavy (non-hydrogen) atoms. The standard InChI is InChI=1S/C12H17ClOSi/c1-9(2)12(3,4)15-14-11-8-6-5-7-10(11)13/h5-9H,1-4H3.